The maximum atomic E-state index is 14.7. The Bertz CT molecular complexity index is 3880. The number of benzene rings is 4. The lowest BCUT2D eigenvalue weighted by Gasteiger charge is -2.34. The minimum atomic E-state index is -1.27. The van der Waals surface area contributed by atoms with E-state index in [1.807, 2.05) is 138 Å². The second-order valence-corrected chi connectivity index (χ2v) is 33.8. The van der Waals surface area contributed by atoms with Crippen molar-refractivity contribution in [2.24, 2.45) is 28.4 Å². The number of aliphatic hydroxyl groups is 2. The summed E-state index contributed by atoms with van der Waals surface area (Å²) in [5.41, 5.74) is 13.5. The highest BCUT2D eigenvalue weighted by molar-refractivity contribution is 14.1. The molecule has 25 heteroatoms. The molecule has 2 aliphatic rings. The van der Waals surface area contributed by atoms with Crippen LogP contribution in [-0.2, 0) is 46.6 Å². The number of hydrogen-bond acceptors (Lipinski definition) is 17. The molecule has 2 aliphatic heterocycles. The number of β-amino-alcohol motifs (C(OH)–C–C–N with tert-alkyl or cyclic N) is 2. The van der Waals surface area contributed by atoms with Gasteiger partial charge in [0.15, 0.2) is 17.4 Å². The van der Waals surface area contributed by atoms with E-state index >= 15 is 0 Å². The summed E-state index contributed by atoms with van der Waals surface area (Å²) in [6, 6.07) is 20.6. The van der Waals surface area contributed by atoms with Crippen LogP contribution in [0, 0.1) is 57.5 Å². The maximum Gasteiger partial charge on any atom is 0.243 e. The van der Waals surface area contributed by atoms with Crippen molar-refractivity contribution < 1.29 is 61.7 Å². The van der Waals surface area contributed by atoms with Crippen molar-refractivity contribution in [3.8, 4) is 20.9 Å². The van der Waals surface area contributed by atoms with Crippen LogP contribution in [0.1, 0.15) is 209 Å². The van der Waals surface area contributed by atoms with E-state index in [4.69, 9.17) is 10.5 Å². The fourth-order valence-electron chi connectivity index (χ4n) is 13.6. The van der Waals surface area contributed by atoms with Gasteiger partial charge in [0.2, 0.25) is 23.6 Å². The van der Waals surface area contributed by atoms with Crippen molar-refractivity contribution in [3.63, 3.8) is 0 Å². The number of carbonyl (C=O) groups is 7. The molecule has 2 saturated heterocycles. The van der Waals surface area contributed by atoms with Gasteiger partial charge in [-0.3, -0.25) is 33.6 Å². The van der Waals surface area contributed by atoms with E-state index in [-0.39, 0.29) is 98.4 Å². The number of aromatic nitrogens is 2. The number of rotatable bonds is 42. The quantitative estimate of drug-likeness (QED) is 0.0107. The van der Waals surface area contributed by atoms with Crippen LogP contribution in [0.25, 0.3) is 20.9 Å². The maximum absolute atomic E-state index is 14.7. The number of likely N-dealkylation sites (tertiary alicyclic amines) is 2. The van der Waals surface area contributed by atoms with Gasteiger partial charge in [0.1, 0.15) is 36.1 Å². The van der Waals surface area contributed by atoms with Gasteiger partial charge in [-0.15, -0.1) is 22.7 Å². The molecule has 590 valence electrons. The summed E-state index contributed by atoms with van der Waals surface area (Å²) in [6.07, 6.45) is 15.0. The summed E-state index contributed by atoms with van der Waals surface area (Å²) in [5, 5.41) is 32.8. The Kier molecular flexibility index (Phi) is 36.2. The summed E-state index contributed by atoms with van der Waals surface area (Å²) in [5.74, 6) is -5.80. The van der Waals surface area contributed by atoms with Crippen molar-refractivity contribution in [2.75, 3.05) is 51.3 Å². The molecule has 6 atom stereocenters. The normalized spacial score (nSPS) is 16.4. The first-order valence-electron chi connectivity index (χ1n) is 38.3. The number of anilines is 2. The van der Waals surface area contributed by atoms with Gasteiger partial charge in [-0.2, -0.15) is 0 Å². The molecule has 0 saturated carbocycles. The molecule has 4 heterocycles. The lowest BCUT2D eigenvalue weighted by molar-refractivity contribution is -0.146. The predicted molar refractivity (Wildman–Crippen MR) is 430 cm³/mol. The summed E-state index contributed by atoms with van der Waals surface area (Å²) in [4.78, 5) is 107. The van der Waals surface area contributed by atoms with Crippen LogP contribution < -0.4 is 27.0 Å². The minimum absolute atomic E-state index is 0.0327. The van der Waals surface area contributed by atoms with Crippen LogP contribution in [-0.4, -0.2) is 141 Å². The number of ketones is 3. The number of Topliss-reactive ketones (excluding diaryl/α,β-unsaturated/α-hetero) is 3. The van der Waals surface area contributed by atoms with Crippen LogP contribution in [0.2, 0.25) is 0 Å². The van der Waals surface area contributed by atoms with Crippen LogP contribution in [0.4, 0.5) is 24.5 Å². The zero-order valence-electron chi connectivity index (χ0n) is 64.2. The highest BCUT2D eigenvalue weighted by Gasteiger charge is 2.46. The Hall–Kier alpha value is -6.85. The largest absolute Gasteiger partial charge is 0.391 e. The number of unbranched alkanes of at least 4 members (excludes halogenated alkanes) is 12. The minimum Gasteiger partial charge on any atom is -0.391 e. The number of halogens is 4. The Morgan fingerprint density at radius 2 is 1.04 bits per heavy atom. The molecule has 2 aromatic heterocycles. The molecular weight excluding hydrogens is 1530 g/mol. The van der Waals surface area contributed by atoms with Gasteiger partial charge in [0.25, 0.3) is 0 Å². The third-order valence-electron chi connectivity index (χ3n) is 20.1. The number of thiazole rings is 2. The average molecular weight is 1640 g/mol. The molecule has 0 aliphatic carbocycles. The van der Waals surface area contributed by atoms with Gasteiger partial charge in [0, 0.05) is 92.3 Å². The van der Waals surface area contributed by atoms with E-state index in [1.54, 1.807) is 28.7 Å². The van der Waals surface area contributed by atoms with Gasteiger partial charge < -0.3 is 51.8 Å². The molecule has 0 radical (unpaired) electrons. The van der Waals surface area contributed by atoms with E-state index < -0.39 is 75.9 Å². The number of amides is 4. The number of nitrogens with zero attached hydrogens (tertiary/aromatic N) is 4. The second-order valence-electron chi connectivity index (χ2n) is 30.8. The molecule has 0 bridgehead atoms. The first kappa shape index (κ1) is 88.4. The Balaban J connectivity index is 0.000000332. The van der Waals surface area contributed by atoms with Crippen molar-refractivity contribution in [2.45, 2.75) is 228 Å². The molecule has 2 fully saturated rings. The number of carbonyl (C=O) groups excluding carboxylic acids is 7. The van der Waals surface area contributed by atoms with Crippen LogP contribution in [0.5, 0.6) is 0 Å². The van der Waals surface area contributed by atoms with Crippen molar-refractivity contribution in [3.05, 3.63) is 139 Å². The molecule has 8 N–H and O–H groups in total. The Morgan fingerprint density at radius 3 is 1.47 bits per heavy atom. The number of aryl methyl sites for hydroxylation is 2. The van der Waals surface area contributed by atoms with Gasteiger partial charge in [0.05, 0.1) is 55.7 Å². The second kappa shape index (κ2) is 44.3. The number of ether oxygens (including phenoxy) is 1. The molecular formula is C83H113F3IN9O10S2. The summed E-state index contributed by atoms with van der Waals surface area (Å²) in [6.45, 7) is 18.6. The van der Waals surface area contributed by atoms with E-state index in [2.05, 4.69) is 31.2 Å². The lowest BCUT2D eigenvalue weighted by atomic mass is 9.76. The van der Waals surface area contributed by atoms with Crippen molar-refractivity contribution in [1.29, 1.82) is 0 Å². The molecule has 6 aromatic rings. The zero-order chi connectivity index (χ0) is 78.5. The molecule has 4 aromatic carbocycles. The number of hydrogen-bond donors (Lipinski definition) is 7. The third kappa shape index (κ3) is 27.9. The van der Waals surface area contributed by atoms with E-state index in [0.29, 0.717) is 42.5 Å². The third-order valence-corrected chi connectivity index (χ3v) is 22.7. The topological polar surface area (TPSA) is 276 Å². The molecule has 0 spiro atoms. The first-order valence-corrected chi connectivity index (χ1v) is 41.1. The lowest BCUT2D eigenvalue weighted by Crippen LogP contribution is -2.50. The van der Waals surface area contributed by atoms with E-state index in [0.717, 1.165) is 152 Å². The first-order chi connectivity index (χ1) is 51.5. The van der Waals surface area contributed by atoms with Gasteiger partial charge in [-0.25, -0.2) is 23.1 Å². The van der Waals surface area contributed by atoms with Crippen molar-refractivity contribution in [1.82, 2.24) is 35.7 Å². The van der Waals surface area contributed by atoms with Crippen LogP contribution >= 0.6 is 45.3 Å². The number of aliphatic hydroxyl groups excluding tert-OH is 2. The average Bonchev–Trinajstić information content (AvgIpc) is 1.65. The zero-order valence-corrected chi connectivity index (χ0v) is 68.0. The molecule has 0 unspecified atom stereocenters. The SMILES string of the molecule is Cc1ncsc1-c1ccc(CNC(=O)[C@@H]2C[C@@H](O)CN2C(=O)[C@@H](CC(=O)CCCCCCCCCN)C(C)(C)C)cc1.Cc1ncsc1-c1ccc(CNC(=O)[C@@H]2C[C@@H](O)CN2C(=O)[C@@H](CC(=O)CCCCCCCCCNCCCOCC(=O)c2ccc(F)c(F)c2Nc2ccc(I)cc2F)C(C)(C)C)cc1. The van der Waals surface area contributed by atoms with Crippen LogP contribution in [0.15, 0.2) is 89.9 Å². The van der Waals surface area contributed by atoms with Gasteiger partial charge in [-0.1, -0.05) is 154 Å². The van der Waals surface area contributed by atoms with E-state index in [9.17, 15) is 56.9 Å². The fraction of sp³-hybridized carbons (Fsp3) is 0.554. The number of nitrogens with two attached hydrogens (primary N) is 1. The van der Waals surface area contributed by atoms with Gasteiger partial charge >= 0.3 is 0 Å². The highest BCUT2D eigenvalue weighted by atomic mass is 127. The van der Waals surface area contributed by atoms with Crippen LogP contribution in [0.3, 0.4) is 0 Å². The predicted octanol–water partition coefficient (Wildman–Crippen LogP) is 15.5. The molecule has 19 nitrogen and oxygen atoms in total. The molecule has 4 amide bonds. The summed E-state index contributed by atoms with van der Waals surface area (Å²) in [7, 11) is 0. The smallest absolute Gasteiger partial charge is 0.243 e. The molecule has 108 heavy (non-hydrogen) atoms. The fourth-order valence-corrected chi connectivity index (χ4v) is 15.7. The standard InChI is InChI=1S/C50H63F3IN5O6S.C33H50N4O4S/c1-32-47(66-31-57-32)34-16-14-33(15-17-34)28-56-48(63)43-27-37(61)29-59(43)49(64)39(50(2,3)4)26-36(60)13-10-8-6-5-7-9-11-22-55-23-12-24-65-30-44(62)38-19-20-40(51)45(53)46(38)58-42-21-18-35(54)25-41(42)52;1-23-30(42-22-36-23)25-15-13-24(14-16-25)20-35-31(40)29-19-27(39)21-37(29)32(41)28(33(2,3)4)18-26(38)12-10-8-6-5-7-9-11-17-34/h14-21,25,31,37,39,43,55,58,61H,5-13,22-24,26-30H2,1-4H3,(H,56,63);13-16,22,27-29,39H,5-12,17-21,34H2,1-4H3,(H,35,40)/t37-,39-,43+;27-,28-,29+/m11/s1. The Morgan fingerprint density at radius 1 is 0.593 bits per heavy atom. The van der Waals surface area contributed by atoms with E-state index in [1.165, 1.54) is 28.4 Å². The summed E-state index contributed by atoms with van der Waals surface area (Å²) >= 11 is 5.11. The monoisotopic (exact) mass is 1640 g/mol. The highest BCUT2D eigenvalue weighted by Crippen LogP contribution is 2.37. The van der Waals surface area contributed by atoms with Gasteiger partial charge in [-0.05, 0) is 152 Å². The van der Waals surface area contributed by atoms with Crippen molar-refractivity contribution >= 4 is 97.6 Å². The summed E-state index contributed by atoms with van der Waals surface area (Å²) < 4.78 is 49.2. The Labute approximate surface area is 657 Å². The molecule has 8 rings (SSSR count). The number of nitrogens with one attached hydrogen (secondary N) is 4.